The molecule has 2 heterocycles. The molecule has 0 radical (unpaired) electrons. The molecule has 0 saturated heterocycles. The Morgan fingerprint density at radius 1 is 1.18 bits per heavy atom. The van der Waals surface area contributed by atoms with E-state index in [2.05, 4.69) is 63.7 Å². The second kappa shape index (κ2) is 9.54. The Bertz CT molecular complexity index is 1380. The van der Waals surface area contributed by atoms with Crippen molar-refractivity contribution >= 4 is 50.9 Å². The number of anilines is 1. The summed E-state index contributed by atoms with van der Waals surface area (Å²) in [6.07, 6.45) is 5.60. The van der Waals surface area contributed by atoms with Gasteiger partial charge < -0.3 is 9.88 Å². The molecule has 1 aromatic carbocycles. The number of hydrogen-bond donors (Lipinski definition) is 1. The summed E-state index contributed by atoms with van der Waals surface area (Å²) in [5, 5.41) is 22.8. The molecule has 1 N–H and O–H groups in total. The summed E-state index contributed by atoms with van der Waals surface area (Å²) in [4.78, 5) is 14.1. The van der Waals surface area contributed by atoms with Gasteiger partial charge >= 0.3 is 0 Å². The average Bonchev–Trinajstić information content (AvgIpc) is 3.29. The maximum absolute atomic E-state index is 13.0. The molecular weight excluding hydrogens is 543 g/mol. The van der Waals surface area contributed by atoms with E-state index in [4.69, 9.17) is 0 Å². The molecule has 0 bridgehead atoms. The SMILES string of the molecule is Cc1ccc(-n2c(C)cc(/C=C(\C#N)C(=O)Nc3sc4c(c3C#N)CCCC4)c2C)cc1I. The standard InChI is InChI=1S/C26H23IN4OS/c1-15-8-9-20(12-23(15)27)31-16(2)10-18(17(31)3)11-19(13-28)25(32)30-26-22(14-29)21-6-4-5-7-24(21)33-26/h8-12H,4-7H2,1-3H3,(H,30,32)/b19-11+. The first kappa shape index (κ1) is 23.3. The normalized spacial score (nSPS) is 13.2. The number of nitriles is 2. The van der Waals surface area contributed by atoms with Crippen molar-refractivity contribution in [3.8, 4) is 17.8 Å². The monoisotopic (exact) mass is 566 g/mol. The number of hydrogen-bond acceptors (Lipinski definition) is 4. The predicted octanol–water partition coefficient (Wildman–Crippen LogP) is 6.36. The highest BCUT2D eigenvalue weighted by atomic mass is 127. The van der Waals surface area contributed by atoms with Gasteiger partial charge in [0.15, 0.2) is 0 Å². The van der Waals surface area contributed by atoms with Gasteiger partial charge in [0.05, 0.1) is 5.56 Å². The molecule has 1 aliphatic rings. The van der Waals surface area contributed by atoms with Gasteiger partial charge in [-0.2, -0.15) is 10.5 Å². The average molecular weight is 566 g/mol. The van der Waals surface area contributed by atoms with Gasteiger partial charge in [-0.05, 0) is 110 Å². The molecule has 3 aromatic rings. The second-order valence-corrected chi connectivity index (χ2v) is 10.5. The Morgan fingerprint density at radius 3 is 2.64 bits per heavy atom. The first-order chi connectivity index (χ1) is 15.8. The third-order valence-corrected chi connectivity index (χ3v) is 8.43. The number of thiophene rings is 1. The summed E-state index contributed by atoms with van der Waals surface area (Å²) in [6.45, 7) is 6.08. The van der Waals surface area contributed by atoms with E-state index in [1.165, 1.54) is 25.3 Å². The molecule has 0 saturated carbocycles. The fraction of sp³-hybridized carbons (Fsp3) is 0.269. The van der Waals surface area contributed by atoms with E-state index in [1.54, 1.807) is 6.08 Å². The smallest absolute Gasteiger partial charge is 0.266 e. The van der Waals surface area contributed by atoms with E-state index >= 15 is 0 Å². The van der Waals surface area contributed by atoms with Crippen molar-refractivity contribution in [2.45, 2.75) is 46.5 Å². The molecule has 0 spiro atoms. The molecule has 1 aliphatic carbocycles. The third-order valence-electron chi connectivity index (χ3n) is 6.06. The van der Waals surface area contributed by atoms with Crippen LogP contribution in [0.25, 0.3) is 11.8 Å². The lowest BCUT2D eigenvalue weighted by atomic mass is 9.96. The molecule has 0 aliphatic heterocycles. The number of carbonyl (C=O) groups is 1. The van der Waals surface area contributed by atoms with Crippen LogP contribution in [0.4, 0.5) is 5.00 Å². The fourth-order valence-corrected chi connectivity index (χ4v) is 6.03. The molecule has 2 aromatic heterocycles. The Hall–Kier alpha value is -2.88. The Balaban J connectivity index is 1.66. The molecule has 0 atom stereocenters. The minimum Gasteiger partial charge on any atom is -0.318 e. The second-order valence-electron chi connectivity index (χ2n) is 8.25. The quantitative estimate of drug-likeness (QED) is 0.227. The van der Waals surface area contributed by atoms with Crippen LogP contribution < -0.4 is 5.32 Å². The number of nitrogens with one attached hydrogen (secondary N) is 1. The van der Waals surface area contributed by atoms with Gasteiger partial charge in [0.2, 0.25) is 0 Å². The van der Waals surface area contributed by atoms with E-state index in [0.29, 0.717) is 10.6 Å². The van der Waals surface area contributed by atoms with E-state index in [0.717, 1.165) is 53.9 Å². The van der Waals surface area contributed by atoms with Gasteiger partial charge in [-0.25, -0.2) is 0 Å². The Morgan fingerprint density at radius 2 is 1.94 bits per heavy atom. The number of benzene rings is 1. The number of aromatic nitrogens is 1. The van der Waals surface area contributed by atoms with E-state index < -0.39 is 5.91 Å². The van der Waals surface area contributed by atoms with Crippen LogP contribution in [0.5, 0.6) is 0 Å². The number of nitrogens with zero attached hydrogens (tertiary/aromatic N) is 3. The molecule has 33 heavy (non-hydrogen) atoms. The van der Waals surface area contributed by atoms with Crippen molar-refractivity contribution in [2.75, 3.05) is 5.32 Å². The minimum atomic E-state index is -0.484. The van der Waals surface area contributed by atoms with Crippen molar-refractivity contribution in [3.63, 3.8) is 0 Å². The fourth-order valence-electron chi connectivity index (χ4n) is 4.30. The maximum Gasteiger partial charge on any atom is 0.266 e. The minimum absolute atomic E-state index is 0.0176. The van der Waals surface area contributed by atoms with Crippen molar-refractivity contribution in [1.82, 2.24) is 4.57 Å². The van der Waals surface area contributed by atoms with E-state index in [1.807, 2.05) is 26.0 Å². The van der Waals surface area contributed by atoms with Gasteiger partial charge in [0.25, 0.3) is 5.91 Å². The summed E-state index contributed by atoms with van der Waals surface area (Å²) in [5.74, 6) is -0.484. The van der Waals surface area contributed by atoms with E-state index in [-0.39, 0.29) is 5.57 Å². The Labute approximate surface area is 211 Å². The zero-order valence-corrected chi connectivity index (χ0v) is 21.7. The summed E-state index contributed by atoms with van der Waals surface area (Å²) in [6, 6.07) is 12.6. The number of amides is 1. The summed E-state index contributed by atoms with van der Waals surface area (Å²) >= 11 is 3.79. The summed E-state index contributed by atoms with van der Waals surface area (Å²) in [5.41, 5.74) is 6.69. The first-order valence-electron chi connectivity index (χ1n) is 10.8. The predicted molar refractivity (Wildman–Crippen MR) is 141 cm³/mol. The third kappa shape index (κ3) is 4.48. The van der Waals surface area contributed by atoms with Crippen molar-refractivity contribution in [2.24, 2.45) is 0 Å². The van der Waals surface area contributed by atoms with Crippen molar-refractivity contribution in [3.05, 3.63) is 71.9 Å². The number of halogens is 1. The number of carbonyl (C=O) groups excluding carboxylic acids is 1. The highest BCUT2D eigenvalue weighted by molar-refractivity contribution is 14.1. The van der Waals surface area contributed by atoms with Gasteiger partial charge in [0.1, 0.15) is 22.7 Å². The first-order valence-corrected chi connectivity index (χ1v) is 12.7. The summed E-state index contributed by atoms with van der Waals surface area (Å²) in [7, 11) is 0. The molecular formula is C26H23IN4OS. The van der Waals surface area contributed by atoms with Gasteiger partial charge in [0, 0.05) is 25.5 Å². The molecule has 4 rings (SSSR count). The molecule has 7 heteroatoms. The highest BCUT2D eigenvalue weighted by Gasteiger charge is 2.23. The lowest BCUT2D eigenvalue weighted by Crippen LogP contribution is -2.13. The summed E-state index contributed by atoms with van der Waals surface area (Å²) < 4.78 is 3.31. The molecule has 1 amide bonds. The molecule has 166 valence electrons. The van der Waals surface area contributed by atoms with Gasteiger partial charge in [-0.3, -0.25) is 4.79 Å². The lowest BCUT2D eigenvalue weighted by Gasteiger charge is -2.11. The zero-order chi connectivity index (χ0) is 23.7. The van der Waals surface area contributed by atoms with Crippen LogP contribution in [0.2, 0.25) is 0 Å². The largest absolute Gasteiger partial charge is 0.318 e. The molecule has 5 nitrogen and oxygen atoms in total. The zero-order valence-electron chi connectivity index (χ0n) is 18.8. The molecule has 0 fully saturated rings. The molecule has 0 unspecified atom stereocenters. The number of fused-ring (bicyclic) bond motifs is 1. The highest BCUT2D eigenvalue weighted by Crippen LogP contribution is 2.38. The van der Waals surface area contributed by atoms with Crippen LogP contribution in [0.15, 0.2) is 29.8 Å². The van der Waals surface area contributed by atoms with Crippen molar-refractivity contribution in [1.29, 1.82) is 10.5 Å². The Kier molecular flexibility index (Phi) is 6.73. The number of aryl methyl sites for hydroxylation is 3. The van der Waals surface area contributed by atoms with Crippen LogP contribution in [-0.2, 0) is 17.6 Å². The van der Waals surface area contributed by atoms with Crippen LogP contribution in [0, 0.1) is 47.0 Å². The van der Waals surface area contributed by atoms with Crippen LogP contribution in [-0.4, -0.2) is 10.5 Å². The van der Waals surface area contributed by atoms with Crippen molar-refractivity contribution < 1.29 is 4.79 Å². The van der Waals surface area contributed by atoms with Crippen LogP contribution in [0.1, 0.15) is 51.4 Å². The number of rotatable bonds is 4. The van der Waals surface area contributed by atoms with Crippen LogP contribution >= 0.6 is 33.9 Å². The van der Waals surface area contributed by atoms with E-state index in [9.17, 15) is 15.3 Å². The topological polar surface area (TPSA) is 81.6 Å². The van der Waals surface area contributed by atoms with Gasteiger partial charge in [-0.15, -0.1) is 11.3 Å². The van der Waals surface area contributed by atoms with Gasteiger partial charge in [-0.1, -0.05) is 6.07 Å². The van der Waals surface area contributed by atoms with Crippen LogP contribution in [0.3, 0.4) is 0 Å². The maximum atomic E-state index is 13.0. The lowest BCUT2D eigenvalue weighted by molar-refractivity contribution is -0.112.